The molecule has 0 aromatic heterocycles. The molecule has 0 heterocycles. The second-order valence-corrected chi connectivity index (χ2v) is 4.45. The lowest BCUT2D eigenvalue weighted by Gasteiger charge is -2.06. The molecule has 92 valence electrons. The van der Waals surface area contributed by atoms with Crippen molar-refractivity contribution in [3.8, 4) is 11.5 Å². The average Bonchev–Trinajstić information content (AvgIpc) is 2.38. The van der Waals surface area contributed by atoms with Crippen LogP contribution in [0.5, 0.6) is 11.5 Å². The molecular formula is C14H11BrO3. The number of esters is 1. The number of carbonyl (C=O) groups excluding carboxylic acids is 1. The molecule has 0 amide bonds. The van der Waals surface area contributed by atoms with Gasteiger partial charge in [0, 0.05) is 4.47 Å². The van der Waals surface area contributed by atoms with E-state index < -0.39 is 5.97 Å². The van der Waals surface area contributed by atoms with E-state index in [9.17, 15) is 4.79 Å². The summed E-state index contributed by atoms with van der Waals surface area (Å²) in [6.07, 6.45) is 0. The van der Waals surface area contributed by atoms with Crippen LogP contribution in [0.1, 0.15) is 0 Å². The third-order valence-electron chi connectivity index (χ3n) is 2.13. The van der Waals surface area contributed by atoms with Gasteiger partial charge in [-0.05, 0) is 30.3 Å². The van der Waals surface area contributed by atoms with E-state index in [0.29, 0.717) is 11.5 Å². The van der Waals surface area contributed by atoms with Crippen LogP contribution in [0.25, 0.3) is 0 Å². The number of ether oxygens (including phenoxy) is 2. The molecule has 0 aliphatic carbocycles. The molecule has 0 aliphatic rings. The van der Waals surface area contributed by atoms with Crippen molar-refractivity contribution in [1.82, 2.24) is 0 Å². The molecule has 2 rings (SSSR count). The molecule has 3 nitrogen and oxygen atoms in total. The minimum absolute atomic E-state index is 0.120. The highest BCUT2D eigenvalue weighted by Crippen LogP contribution is 2.17. The van der Waals surface area contributed by atoms with E-state index in [2.05, 4.69) is 15.9 Å². The molecule has 0 bridgehead atoms. The summed E-state index contributed by atoms with van der Waals surface area (Å²) in [6.45, 7) is -0.120. The SMILES string of the molecule is O=C(COc1cccc(Br)c1)Oc1ccccc1. The molecule has 2 aromatic carbocycles. The first-order chi connectivity index (χ1) is 8.74. The van der Waals surface area contributed by atoms with Gasteiger partial charge in [0.1, 0.15) is 11.5 Å². The summed E-state index contributed by atoms with van der Waals surface area (Å²) < 4.78 is 11.3. The summed E-state index contributed by atoms with van der Waals surface area (Å²) >= 11 is 3.33. The first kappa shape index (κ1) is 12.6. The summed E-state index contributed by atoms with van der Waals surface area (Å²) in [6, 6.07) is 16.2. The van der Waals surface area contributed by atoms with Crippen LogP contribution in [-0.4, -0.2) is 12.6 Å². The van der Waals surface area contributed by atoms with Gasteiger partial charge >= 0.3 is 5.97 Å². The predicted molar refractivity (Wildman–Crippen MR) is 71.7 cm³/mol. The van der Waals surface area contributed by atoms with E-state index in [1.54, 1.807) is 36.4 Å². The fourth-order valence-electron chi connectivity index (χ4n) is 1.35. The van der Waals surface area contributed by atoms with Gasteiger partial charge in [-0.25, -0.2) is 4.79 Å². The van der Waals surface area contributed by atoms with Gasteiger partial charge in [-0.3, -0.25) is 0 Å². The van der Waals surface area contributed by atoms with Crippen molar-refractivity contribution >= 4 is 21.9 Å². The fourth-order valence-corrected chi connectivity index (χ4v) is 1.73. The van der Waals surface area contributed by atoms with Crippen molar-refractivity contribution in [2.24, 2.45) is 0 Å². The molecule has 2 aromatic rings. The molecule has 18 heavy (non-hydrogen) atoms. The normalized spacial score (nSPS) is 9.83. The number of para-hydroxylation sites is 1. The second kappa shape index (κ2) is 6.21. The average molecular weight is 307 g/mol. The highest BCUT2D eigenvalue weighted by atomic mass is 79.9. The third kappa shape index (κ3) is 3.89. The number of carbonyl (C=O) groups is 1. The zero-order valence-corrected chi connectivity index (χ0v) is 11.1. The van der Waals surface area contributed by atoms with Gasteiger partial charge in [-0.2, -0.15) is 0 Å². The minimum Gasteiger partial charge on any atom is -0.482 e. The molecule has 0 aliphatic heterocycles. The van der Waals surface area contributed by atoms with Crippen LogP contribution in [0.3, 0.4) is 0 Å². The Balaban J connectivity index is 1.85. The first-order valence-electron chi connectivity index (χ1n) is 5.38. The van der Waals surface area contributed by atoms with Crippen molar-refractivity contribution in [1.29, 1.82) is 0 Å². The molecule has 0 fully saturated rings. The Bertz CT molecular complexity index is 526. The Morgan fingerprint density at radius 3 is 2.44 bits per heavy atom. The molecular weight excluding hydrogens is 296 g/mol. The summed E-state index contributed by atoms with van der Waals surface area (Å²) in [7, 11) is 0. The lowest BCUT2D eigenvalue weighted by molar-refractivity contribution is -0.136. The first-order valence-corrected chi connectivity index (χ1v) is 6.17. The predicted octanol–water partition coefficient (Wildman–Crippen LogP) is 3.43. The van der Waals surface area contributed by atoms with Gasteiger partial charge in [-0.15, -0.1) is 0 Å². The lowest BCUT2D eigenvalue weighted by atomic mass is 10.3. The topological polar surface area (TPSA) is 35.5 Å². The largest absolute Gasteiger partial charge is 0.482 e. The van der Waals surface area contributed by atoms with E-state index in [-0.39, 0.29) is 6.61 Å². The molecule has 4 heteroatoms. The highest BCUT2D eigenvalue weighted by molar-refractivity contribution is 9.10. The van der Waals surface area contributed by atoms with Gasteiger partial charge in [0.05, 0.1) is 0 Å². The number of hydrogen-bond donors (Lipinski definition) is 0. The molecule has 0 unspecified atom stereocenters. The lowest BCUT2D eigenvalue weighted by Crippen LogP contribution is -2.17. The van der Waals surface area contributed by atoms with Gasteiger partial charge in [-0.1, -0.05) is 40.2 Å². The minimum atomic E-state index is -0.429. The van der Waals surface area contributed by atoms with E-state index in [1.807, 2.05) is 18.2 Å². The van der Waals surface area contributed by atoms with Crippen LogP contribution in [0.2, 0.25) is 0 Å². The van der Waals surface area contributed by atoms with Crippen LogP contribution >= 0.6 is 15.9 Å². The Kier molecular flexibility index (Phi) is 4.36. The van der Waals surface area contributed by atoms with Crippen LogP contribution < -0.4 is 9.47 Å². The van der Waals surface area contributed by atoms with Gasteiger partial charge in [0.25, 0.3) is 0 Å². The second-order valence-electron chi connectivity index (χ2n) is 3.53. The van der Waals surface area contributed by atoms with Crippen molar-refractivity contribution in [3.05, 3.63) is 59.1 Å². The molecule has 0 saturated heterocycles. The fraction of sp³-hybridized carbons (Fsp3) is 0.0714. The van der Waals surface area contributed by atoms with Crippen LogP contribution in [0, 0.1) is 0 Å². The molecule has 0 radical (unpaired) electrons. The summed E-state index contributed by atoms with van der Waals surface area (Å²) in [5, 5.41) is 0. The van der Waals surface area contributed by atoms with Crippen molar-refractivity contribution in [2.75, 3.05) is 6.61 Å². The zero-order valence-electron chi connectivity index (χ0n) is 9.51. The van der Waals surface area contributed by atoms with Gasteiger partial charge in [0.2, 0.25) is 0 Å². The monoisotopic (exact) mass is 306 g/mol. The van der Waals surface area contributed by atoms with E-state index in [4.69, 9.17) is 9.47 Å². The molecule has 0 atom stereocenters. The Hall–Kier alpha value is -1.81. The Labute approximate surface area is 113 Å². The number of hydrogen-bond acceptors (Lipinski definition) is 3. The van der Waals surface area contributed by atoms with Crippen molar-refractivity contribution in [2.45, 2.75) is 0 Å². The highest BCUT2D eigenvalue weighted by Gasteiger charge is 2.05. The zero-order chi connectivity index (χ0) is 12.8. The van der Waals surface area contributed by atoms with Gasteiger partial charge < -0.3 is 9.47 Å². The number of benzene rings is 2. The number of rotatable bonds is 4. The smallest absolute Gasteiger partial charge is 0.349 e. The summed E-state index contributed by atoms with van der Waals surface area (Å²) in [5.74, 6) is 0.705. The van der Waals surface area contributed by atoms with Crippen molar-refractivity contribution < 1.29 is 14.3 Å². The summed E-state index contributed by atoms with van der Waals surface area (Å²) in [4.78, 5) is 11.5. The van der Waals surface area contributed by atoms with Crippen molar-refractivity contribution in [3.63, 3.8) is 0 Å². The Morgan fingerprint density at radius 2 is 1.72 bits per heavy atom. The maximum absolute atomic E-state index is 11.5. The molecule has 0 spiro atoms. The third-order valence-corrected chi connectivity index (χ3v) is 2.62. The Morgan fingerprint density at radius 1 is 1.00 bits per heavy atom. The summed E-state index contributed by atoms with van der Waals surface area (Å²) in [5.41, 5.74) is 0. The van der Waals surface area contributed by atoms with Crippen LogP contribution in [0.4, 0.5) is 0 Å². The maximum atomic E-state index is 11.5. The van der Waals surface area contributed by atoms with E-state index in [0.717, 1.165) is 4.47 Å². The van der Waals surface area contributed by atoms with E-state index in [1.165, 1.54) is 0 Å². The van der Waals surface area contributed by atoms with Gasteiger partial charge in [0.15, 0.2) is 6.61 Å². The van der Waals surface area contributed by atoms with Crippen LogP contribution in [0.15, 0.2) is 59.1 Å². The maximum Gasteiger partial charge on any atom is 0.349 e. The quantitative estimate of drug-likeness (QED) is 0.641. The molecule has 0 saturated carbocycles. The standard InChI is InChI=1S/C14H11BrO3/c15-11-5-4-8-13(9-11)17-10-14(16)18-12-6-2-1-3-7-12/h1-9H,10H2. The number of halogens is 1. The van der Waals surface area contributed by atoms with Crippen LogP contribution in [-0.2, 0) is 4.79 Å². The molecule has 0 N–H and O–H groups in total. The van der Waals surface area contributed by atoms with E-state index >= 15 is 0 Å².